The molecule has 0 amide bonds. The minimum Gasteiger partial charge on any atom is -1.00 e. The zero-order chi connectivity index (χ0) is 27.5. The van der Waals surface area contributed by atoms with E-state index in [4.69, 9.17) is 4.74 Å². The van der Waals surface area contributed by atoms with Crippen LogP contribution < -0.4 is 18.9 Å². The minimum atomic E-state index is -0.830. The number of aromatic amines is 2. The van der Waals surface area contributed by atoms with Gasteiger partial charge in [-0.3, -0.25) is 25.0 Å². The second kappa shape index (κ2) is 13.3. The first-order chi connectivity index (χ1) is 17.3. The predicted molar refractivity (Wildman–Crippen MR) is 151 cm³/mol. The van der Waals surface area contributed by atoms with Gasteiger partial charge in [0, 0.05) is 62.9 Å². The van der Waals surface area contributed by atoms with Gasteiger partial charge in [-0.2, -0.15) is 0 Å². The Morgan fingerprint density at radius 1 is 0.897 bits per heavy atom. The van der Waals surface area contributed by atoms with E-state index >= 15 is 0 Å². The number of esters is 1. The zero-order valence-corrected chi connectivity index (χ0v) is 22.3. The van der Waals surface area contributed by atoms with E-state index in [0.717, 1.165) is 22.1 Å². The molecule has 2 heterocycles. The van der Waals surface area contributed by atoms with E-state index in [9.17, 15) is 30.1 Å². The summed E-state index contributed by atoms with van der Waals surface area (Å²) in [7, 11) is 0. The van der Waals surface area contributed by atoms with E-state index in [1.165, 1.54) is 24.3 Å². The number of aliphatic hydroxyl groups excluding tert-OH is 1. The van der Waals surface area contributed by atoms with Gasteiger partial charge >= 0.3 is 24.8 Å². The summed E-state index contributed by atoms with van der Waals surface area (Å²) in [5.41, 5.74) is 2.02. The van der Waals surface area contributed by atoms with Crippen molar-refractivity contribution >= 4 is 56.5 Å². The van der Waals surface area contributed by atoms with Crippen molar-refractivity contribution in [2.24, 2.45) is 0 Å². The predicted octanol–water partition coefficient (Wildman–Crippen LogP) is 1.20. The first-order valence-electron chi connectivity index (χ1n) is 11.6. The Hall–Kier alpha value is -3.12. The molecule has 0 atom stereocenters. The molecule has 204 valence electrons. The SMILES string of the molecule is CC(C)(CO)c1cc2cc([N+](=O)[O-])ccc2[nH]1.CCOC(=O)C(C)(C)c1cc2cc([N+](=O)[O-])ccc2[nH]1.[AlH3].[H-].[Li+]. The molecule has 11 nitrogen and oxygen atoms in total. The Labute approximate surface area is 249 Å². The van der Waals surface area contributed by atoms with Crippen LogP contribution in [-0.4, -0.2) is 61.5 Å². The summed E-state index contributed by atoms with van der Waals surface area (Å²) in [5, 5.41) is 32.2. The second-order valence-electron chi connectivity index (χ2n) is 9.81. The number of aromatic nitrogens is 2. The first-order valence-corrected chi connectivity index (χ1v) is 11.6. The number of H-pyrrole nitrogens is 2. The number of rotatable bonds is 7. The quantitative estimate of drug-likeness (QED) is 0.135. The van der Waals surface area contributed by atoms with Crippen molar-refractivity contribution in [1.82, 2.24) is 9.97 Å². The summed E-state index contributed by atoms with van der Waals surface area (Å²) in [5.74, 6) is -0.332. The molecule has 4 aromatic rings. The van der Waals surface area contributed by atoms with Crippen LogP contribution in [0.1, 0.15) is 47.4 Å². The molecule has 2 aromatic carbocycles. The van der Waals surface area contributed by atoms with Crippen LogP contribution in [0.5, 0.6) is 0 Å². The number of benzene rings is 2. The molecule has 0 saturated heterocycles. The van der Waals surface area contributed by atoms with Crippen molar-refractivity contribution in [3.63, 3.8) is 0 Å². The topological polar surface area (TPSA) is 164 Å². The molecule has 0 spiro atoms. The molecule has 13 heteroatoms. The maximum absolute atomic E-state index is 12.0. The first kappa shape index (κ1) is 33.9. The van der Waals surface area contributed by atoms with Gasteiger partial charge in [0.25, 0.3) is 11.4 Å². The summed E-state index contributed by atoms with van der Waals surface area (Å²) in [6, 6.07) is 12.8. The molecule has 39 heavy (non-hydrogen) atoms. The monoisotopic (exact) mass is 548 g/mol. The third kappa shape index (κ3) is 7.51. The number of nitro benzene ring substituents is 2. The third-order valence-electron chi connectivity index (χ3n) is 6.21. The van der Waals surface area contributed by atoms with Crippen molar-refractivity contribution in [1.29, 1.82) is 0 Å². The Morgan fingerprint density at radius 3 is 1.74 bits per heavy atom. The Morgan fingerprint density at radius 2 is 1.33 bits per heavy atom. The fourth-order valence-electron chi connectivity index (χ4n) is 3.68. The number of nitro groups is 2. The van der Waals surface area contributed by atoms with Gasteiger partial charge in [-0.15, -0.1) is 0 Å². The molecular weight excluding hydrogens is 514 g/mol. The van der Waals surface area contributed by atoms with E-state index in [2.05, 4.69) is 9.97 Å². The fraction of sp³-hybridized carbons (Fsp3) is 0.346. The van der Waals surface area contributed by atoms with Crippen LogP contribution in [0.25, 0.3) is 21.8 Å². The molecule has 0 radical (unpaired) electrons. The van der Waals surface area contributed by atoms with Crippen molar-refractivity contribution in [3.8, 4) is 0 Å². The number of non-ortho nitro benzene ring substituents is 2. The number of nitrogens with zero attached hydrogens (tertiary/aromatic N) is 2. The molecular formula is C26H34AlLiN4O7. The molecule has 0 aliphatic carbocycles. The zero-order valence-electron chi connectivity index (χ0n) is 23.3. The van der Waals surface area contributed by atoms with Gasteiger partial charge in [-0.05, 0) is 45.0 Å². The number of nitrogens with one attached hydrogen (secondary N) is 2. The van der Waals surface area contributed by atoms with Crippen LogP contribution in [0.3, 0.4) is 0 Å². The van der Waals surface area contributed by atoms with Gasteiger partial charge in [0.2, 0.25) is 0 Å². The van der Waals surface area contributed by atoms with Gasteiger partial charge in [-0.25, -0.2) is 0 Å². The average molecular weight is 549 g/mol. The van der Waals surface area contributed by atoms with Crippen molar-refractivity contribution < 1.29 is 44.8 Å². The van der Waals surface area contributed by atoms with Crippen LogP contribution in [0.4, 0.5) is 11.4 Å². The molecule has 4 rings (SSSR count). The van der Waals surface area contributed by atoms with Gasteiger partial charge in [0.1, 0.15) is 5.41 Å². The van der Waals surface area contributed by atoms with E-state index in [1.54, 1.807) is 39.0 Å². The Kier molecular flexibility index (Phi) is 11.6. The van der Waals surface area contributed by atoms with Crippen molar-refractivity contribution in [2.45, 2.75) is 45.4 Å². The van der Waals surface area contributed by atoms with Gasteiger partial charge in [0.05, 0.1) is 23.1 Å². The van der Waals surface area contributed by atoms with Crippen LogP contribution in [0.2, 0.25) is 0 Å². The van der Waals surface area contributed by atoms with E-state index in [-0.39, 0.29) is 67.0 Å². The standard InChI is InChI=1S/C14H16N2O4.C12H14N2O3.Al.Li.4H/c1-4-20-13(17)14(2,3)12-8-9-7-10(16(18)19)5-6-11(9)15-12;1-12(2,7-15)11-6-8-5-9(14(16)17)3-4-10(8)13-11;;;;;;/h5-8,15H,4H2,1-3H3;3-6,13,15H,7H2,1-2H3;;;;;;/q;;;+1;;;;-1. The largest absolute Gasteiger partial charge is 1.00 e. The van der Waals surface area contributed by atoms with Crippen molar-refractivity contribution in [3.05, 3.63) is 80.1 Å². The number of ether oxygens (including phenoxy) is 1. The molecule has 3 N–H and O–H groups in total. The number of hydrogen-bond donors (Lipinski definition) is 3. The molecule has 0 fully saturated rings. The van der Waals surface area contributed by atoms with Gasteiger partial charge in [-0.1, -0.05) is 13.8 Å². The van der Waals surface area contributed by atoms with Crippen LogP contribution in [0.15, 0.2) is 48.5 Å². The smallest absolute Gasteiger partial charge is 1.00 e. The van der Waals surface area contributed by atoms with Crippen LogP contribution >= 0.6 is 0 Å². The molecule has 0 saturated carbocycles. The van der Waals surface area contributed by atoms with Crippen molar-refractivity contribution in [2.75, 3.05) is 13.2 Å². The second-order valence-corrected chi connectivity index (χ2v) is 9.81. The molecule has 0 unspecified atom stereocenters. The van der Waals surface area contributed by atoms with E-state index in [0.29, 0.717) is 17.7 Å². The number of carbonyl (C=O) groups excluding carboxylic acids is 1. The average Bonchev–Trinajstić information content (AvgIpc) is 3.48. The fourth-order valence-corrected chi connectivity index (χ4v) is 3.68. The molecule has 0 aliphatic heterocycles. The summed E-state index contributed by atoms with van der Waals surface area (Å²) in [6.45, 7) is 9.41. The van der Waals surface area contributed by atoms with Crippen LogP contribution in [-0.2, 0) is 20.4 Å². The van der Waals surface area contributed by atoms with Gasteiger partial charge in [0.15, 0.2) is 17.4 Å². The third-order valence-corrected chi connectivity index (χ3v) is 6.21. The minimum absolute atomic E-state index is 0. The molecule has 0 aliphatic rings. The number of carbonyl (C=O) groups is 1. The van der Waals surface area contributed by atoms with E-state index in [1.807, 2.05) is 19.9 Å². The maximum Gasteiger partial charge on any atom is 1.00 e. The number of fused-ring (bicyclic) bond motifs is 2. The molecule has 0 bridgehead atoms. The van der Waals surface area contributed by atoms with E-state index < -0.39 is 15.3 Å². The normalized spacial score (nSPS) is 11.1. The summed E-state index contributed by atoms with van der Waals surface area (Å²) < 4.78 is 5.05. The summed E-state index contributed by atoms with van der Waals surface area (Å²) in [6.07, 6.45) is 0. The summed E-state index contributed by atoms with van der Waals surface area (Å²) in [4.78, 5) is 38.8. The Balaban J connectivity index is 0.000000715. The number of aliphatic hydroxyl groups is 1. The summed E-state index contributed by atoms with van der Waals surface area (Å²) >= 11 is 0. The molecule has 2 aromatic heterocycles. The maximum atomic E-state index is 12.0. The Bertz CT molecular complexity index is 1490. The van der Waals surface area contributed by atoms with Gasteiger partial charge < -0.3 is 21.2 Å². The number of hydrogen-bond acceptors (Lipinski definition) is 7. The van der Waals surface area contributed by atoms with Crippen LogP contribution in [0, 0.1) is 20.2 Å².